The molecule has 0 spiro atoms. The number of carbonyl (C=O) groups excluding carboxylic acids is 1. The zero-order valence-corrected chi connectivity index (χ0v) is 22.2. The van der Waals surface area contributed by atoms with E-state index < -0.39 is 0 Å². The number of hydrogen-bond acceptors (Lipinski definition) is 4. The minimum Gasteiger partial charge on any atom is -0.352 e. The Kier molecular flexibility index (Phi) is 8.82. The first-order chi connectivity index (χ1) is 19.2. The van der Waals surface area contributed by atoms with E-state index in [-0.39, 0.29) is 11.9 Å². The van der Waals surface area contributed by atoms with Crippen LogP contribution < -0.4 is 5.32 Å². The van der Waals surface area contributed by atoms with Crippen LogP contribution in [0.25, 0.3) is 0 Å². The van der Waals surface area contributed by atoms with Gasteiger partial charge in [0.2, 0.25) is 5.91 Å². The maximum atomic E-state index is 12.9. The van der Waals surface area contributed by atoms with Crippen molar-refractivity contribution in [2.45, 2.75) is 44.2 Å². The maximum Gasteiger partial charge on any atom is 0.220 e. The maximum absolute atomic E-state index is 12.9. The van der Waals surface area contributed by atoms with Gasteiger partial charge in [-0.15, -0.1) is 0 Å². The van der Waals surface area contributed by atoms with Crippen LogP contribution in [0.1, 0.15) is 53.1 Å². The highest BCUT2D eigenvalue weighted by Crippen LogP contribution is 2.27. The van der Waals surface area contributed by atoms with Crippen molar-refractivity contribution in [2.24, 2.45) is 0 Å². The van der Waals surface area contributed by atoms with Crippen LogP contribution in [0.2, 0.25) is 0 Å². The van der Waals surface area contributed by atoms with Gasteiger partial charge in [-0.05, 0) is 54.6 Å². The van der Waals surface area contributed by atoms with Gasteiger partial charge in [0.15, 0.2) is 0 Å². The topological polar surface area (TPSA) is 73.9 Å². The first-order valence-corrected chi connectivity index (χ1v) is 13.8. The molecule has 0 aliphatic carbocycles. The quantitative estimate of drug-likeness (QED) is 0.316. The monoisotopic (exact) mass is 517 g/mol. The van der Waals surface area contributed by atoms with Crippen molar-refractivity contribution in [3.05, 3.63) is 125 Å². The number of likely N-dealkylation sites (tertiary alicyclic amines) is 1. The minimum atomic E-state index is 0.0932. The van der Waals surface area contributed by atoms with Crippen LogP contribution in [-0.4, -0.2) is 46.0 Å². The highest BCUT2D eigenvalue weighted by Gasteiger charge is 2.25. The fraction of sp³-hybridized carbons (Fsp3) is 0.303. The van der Waals surface area contributed by atoms with Gasteiger partial charge in [-0.1, -0.05) is 72.8 Å². The summed E-state index contributed by atoms with van der Waals surface area (Å²) in [5, 5.41) is 12.3. The summed E-state index contributed by atoms with van der Waals surface area (Å²) in [6.07, 6.45) is 6.82. The standard InChI is InChI=1S/C33H35N5O/c34-20-26-13-15-27(16-14-26)22-38-25-35-21-31(38)17-18-33(39)36-30-12-7-19-37(23-30)24-32(28-8-3-1-4-9-28)29-10-5-2-6-11-29/h1-6,8-11,13-16,21,25,30,32H,7,12,17-19,22-24H2,(H,36,39)/t30-/m0/s1. The number of benzene rings is 3. The lowest BCUT2D eigenvalue weighted by atomic mass is 9.90. The number of aryl methyl sites for hydroxylation is 1. The molecule has 2 heterocycles. The van der Waals surface area contributed by atoms with Crippen LogP contribution >= 0.6 is 0 Å². The largest absolute Gasteiger partial charge is 0.352 e. The highest BCUT2D eigenvalue weighted by molar-refractivity contribution is 5.76. The lowest BCUT2D eigenvalue weighted by Crippen LogP contribution is -2.48. The number of hydrogen-bond donors (Lipinski definition) is 1. The summed E-state index contributed by atoms with van der Waals surface area (Å²) >= 11 is 0. The van der Waals surface area contributed by atoms with Crippen molar-refractivity contribution >= 4 is 5.91 Å². The van der Waals surface area contributed by atoms with E-state index in [2.05, 4.69) is 86.5 Å². The second-order valence-electron chi connectivity index (χ2n) is 10.4. The molecule has 1 aromatic heterocycles. The van der Waals surface area contributed by atoms with E-state index in [0.717, 1.165) is 43.7 Å². The van der Waals surface area contributed by atoms with Gasteiger partial charge in [0, 0.05) is 49.9 Å². The summed E-state index contributed by atoms with van der Waals surface area (Å²) in [6, 6.07) is 31.3. The van der Waals surface area contributed by atoms with Crippen molar-refractivity contribution < 1.29 is 4.79 Å². The van der Waals surface area contributed by atoms with Crippen molar-refractivity contribution in [3.63, 3.8) is 0 Å². The van der Waals surface area contributed by atoms with Crippen LogP contribution in [0.3, 0.4) is 0 Å². The highest BCUT2D eigenvalue weighted by atomic mass is 16.1. The van der Waals surface area contributed by atoms with Crippen LogP contribution in [0.15, 0.2) is 97.5 Å². The fourth-order valence-electron chi connectivity index (χ4n) is 5.49. The summed E-state index contributed by atoms with van der Waals surface area (Å²) in [5.74, 6) is 0.397. The molecule has 1 aliphatic heterocycles. The van der Waals surface area contributed by atoms with Gasteiger partial charge in [0.05, 0.1) is 18.0 Å². The zero-order valence-electron chi connectivity index (χ0n) is 22.2. The Bertz CT molecular complexity index is 1340. The number of aromatic nitrogens is 2. The Morgan fingerprint density at radius 2 is 1.69 bits per heavy atom. The van der Waals surface area contributed by atoms with Crippen molar-refractivity contribution in [1.29, 1.82) is 5.26 Å². The molecule has 5 rings (SSSR count). The molecular formula is C33H35N5O. The molecule has 0 saturated carbocycles. The number of nitrogens with one attached hydrogen (secondary N) is 1. The molecule has 1 atom stereocenters. The van der Waals surface area contributed by atoms with E-state index in [1.165, 1.54) is 11.1 Å². The Hall–Kier alpha value is -4.21. The van der Waals surface area contributed by atoms with Crippen molar-refractivity contribution in [2.75, 3.05) is 19.6 Å². The first kappa shape index (κ1) is 26.4. The molecule has 1 saturated heterocycles. The summed E-state index contributed by atoms with van der Waals surface area (Å²) in [4.78, 5) is 19.7. The normalized spacial score (nSPS) is 15.6. The average molecular weight is 518 g/mol. The van der Waals surface area contributed by atoms with Gasteiger partial charge in [0.1, 0.15) is 0 Å². The van der Waals surface area contributed by atoms with Crippen LogP contribution in [0.5, 0.6) is 0 Å². The van der Waals surface area contributed by atoms with E-state index in [9.17, 15) is 4.79 Å². The molecule has 0 radical (unpaired) electrons. The minimum absolute atomic E-state index is 0.0932. The van der Waals surface area contributed by atoms with Crippen molar-refractivity contribution in [1.82, 2.24) is 19.8 Å². The van der Waals surface area contributed by atoms with Crippen LogP contribution in [0.4, 0.5) is 0 Å². The van der Waals surface area contributed by atoms with Gasteiger partial charge >= 0.3 is 0 Å². The molecule has 1 fully saturated rings. The van der Waals surface area contributed by atoms with Gasteiger partial charge < -0.3 is 14.8 Å². The number of amides is 1. The molecule has 0 bridgehead atoms. The molecular weight excluding hydrogens is 482 g/mol. The molecule has 39 heavy (non-hydrogen) atoms. The Morgan fingerprint density at radius 1 is 1.00 bits per heavy atom. The molecule has 4 aromatic rings. The van der Waals surface area contributed by atoms with E-state index >= 15 is 0 Å². The van der Waals surface area contributed by atoms with Crippen LogP contribution in [0, 0.1) is 11.3 Å². The van der Waals surface area contributed by atoms with E-state index in [1.807, 2.05) is 30.5 Å². The number of nitriles is 1. The number of rotatable bonds is 10. The number of piperidine rings is 1. The Morgan fingerprint density at radius 3 is 2.36 bits per heavy atom. The van der Waals surface area contributed by atoms with E-state index in [1.54, 1.807) is 6.33 Å². The number of imidazole rings is 1. The summed E-state index contributed by atoms with van der Waals surface area (Å²) in [7, 11) is 0. The predicted octanol–water partition coefficient (Wildman–Crippen LogP) is 5.15. The van der Waals surface area contributed by atoms with Crippen molar-refractivity contribution in [3.8, 4) is 6.07 Å². The van der Waals surface area contributed by atoms with Crippen LogP contribution in [-0.2, 0) is 17.8 Å². The lowest BCUT2D eigenvalue weighted by molar-refractivity contribution is -0.122. The van der Waals surface area contributed by atoms with Gasteiger partial charge in [-0.3, -0.25) is 4.79 Å². The molecule has 1 N–H and O–H groups in total. The second-order valence-corrected chi connectivity index (χ2v) is 10.4. The fourth-order valence-corrected chi connectivity index (χ4v) is 5.49. The predicted molar refractivity (Wildman–Crippen MR) is 153 cm³/mol. The molecule has 198 valence electrons. The molecule has 3 aromatic carbocycles. The SMILES string of the molecule is N#Cc1ccc(Cn2cncc2CCC(=O)N[C@H]2CCCN(CC(c3ccccc3)c3ccccc3)C2)cc1. The van der Waals surface area contributed by atoms with E-state index in [0.29, 0.717) is 30.9 Å². The van der Waals surface area contributed by atoms with E-state index in [4.69, 9.17) is 5.26 Å². The number of carbonyl (C=O) groups is 1. The molecule has 1 amide bonds. The smallest absolute Gasteiger partial charge is 0.220 e. The summed E-state index contributed by atoms with van der Waals surface area (Å²) in [5.41, 5.74) is 5.44. The third-order valence-electron chi connectivity index (χ3n) is 7.56. The lowest BCUT2D eigenvalue weighted by Gasteiger charge is -2.35. The number of nitrogens with zero attached hydrogens (tertiary/aromatic N) is 4. The zero-order chi connectivity index (χ0) is 26.9. The summed E-state index contributed by atoms with van der Waals surface area (Å²) < 4.78 is 2.07. The third kappa shape index (κ3) is 7.22. The third-order valence-corrected chi connectivity index (χ3v) is 7.56. The van der Waals surface area contributed by atoms with Gasteiger partial charge in [0.25, 0.3) is 0 Å². The average Bonchev–Trinajstić information content (AvgIpc) is 3.43. The Labute approximate surface area is 230 Å². The molecule has 1 aliphatic rings. The van der Waals surface area contributed by atoms with Gasteiger partial charge in [-0.25, -0.2) is 4.98 Å². The molecule has 6 heteroatoms. The first-order valence-electron chi connectivity index (χ1n) is 13.8. The van der Waals surface area contributed by atoms with Gasteiger partial charge in [-0.2, -0.15) is 5.26 Å². The molecule has 6 nitrogen and oxygen atoms in total. The molecule has 0 unspecified atom stereocenters. The second kappa shape index (κ2) is 13.0. The summed E-state index contributed by atoms with van der Waals surface area (Å²) in [6.45, 7) is 3.54. The Balaban J connectivity index is 1.14.